The Labute approximate surface area is 180 Å². The molecule has 0 radical (unpaired) electrons. The number of methoxy groups -OCH3 is 1. The van der Waals surface area contributed by atoms with Gasteiger partial charge in [-0.2, -0.15) is 0 Å². The molecule has 158 valence electrons. The topological polar surface area (TPSA) is 78.3 Å². The van der Waals surface area contributed by atoms with E-state index in [1.807, 2.05) is 73.9 Å². The van der Waals surface area contributed by atoms with E-state index >= 15 is 0 Å². The van der Waals surface area contributed by atoms with Crippen molar-refractivity contribution in [2.45, 2.75) is 38.6 Å². The minimum atomic E-state index is -0.290. The van der Waals surface area contributed by atoms with Gasteiger partial charge in [0.05, 0.1) is 12.9 Å². The van der Waals surface area contributed by atoms with Crippen LogP contribution in [-0.2, 0) is 11.3 Å². The largest absolute Gasteiger partial charge is 0.497 e. The molecule has 1 heterocycles. The zero-order valence-corrected chi connectivity index (χ0v) is 18.4. The monoisotopic (exact) mass is 426 g/mol. The first-order valence-corrected chi connectivity index (χ1v) is 10.7. The van der Waals surface area contributed by atoms with E-state index in [1.165, 1.54) is 11.8 Å². The van der Waals surface area contributed by atoms with Gasteiger partial charge in [-0.15, -0.1) is 10.2 Å². The molecule has 30 heavy (non-hydrogen) atoms. The number of benzene rings is 2. The van der Waals surface area contributed by atoms with Gasteiger partial charge in [0.2, 0.25) is 5.91 Å². The minimum Gasteiger partial charge on any atom is -0.497 e. The van der Waals surface area contributed by atoms with Crippen molar-refractivity contribution < 1.29 is 14.3 Å². The summed E-state index contributed by atoms with van der Waals surface area (Å²) in [5.41, 5.74) is 1.93. The Morgan fingerprint density at radius 2 is 1.77 bits per heavy atom. The molecule has 1 N–H and O–H groups in total. The Balaban J connectivity index is 1.61. The first-order chi connectivity index (χ1) is 14.5. The van der Waals surface area contributed by atoms with Crippen LogP contribution in [-0.4, -0.2) is 33.5 Å². The average molecular weight is 427 g/mol. The molecule has 1 aromatic heterocycles. The van der Waals surface area contributed by atoms with Crippen molar-refractivity contribution in [3.63, 3.8) is 0 Å². The molecule has 0 spiro atoms. The zero-order chi connectivity index (χ0) is 21.5. The predicted molar refractivity (Wildman–Crippen MR) is 118 cm³/mol. The Morgan fingerprint density at radius 1 is 1.10 bits per heavy atom. The van der Waals surface area contributed by atoms with Gasteiger partial charge in [0.25, 0.3) is 0 Å². The third kappa shape index (κ3) is 5.54. The number of hydrogen-bond acceptors (Lipinski definition) is 6. The molecule has 3 aromatic rings. The summed E-state index contributed by atoms with van der Waals surface area (Å²) in [6.45, 7) is 6.64. The lowest BCUT2D eigenvalue weighted by Crippen LogP contribution is -2.15. The van der Waals surface area contributed by atoms with Gasteiger partial charge in [0.1, 0.15) is 11.5 Å². The van der Waals surface area contributed by atoms with E-state index in [0.717, 1.165) is 28.6 Å². The molecule has 0 aliphatic heterocycles. The lowest BCUT2D eigenvalue weighted by atomic mass is 10.2. The van der Waals surface area contributed by atoms with Crippen LogP contribution in [0, 0.1) is 6.92 Å². The third-order valence-electron chi connectivity index (χ3n) is 4.47. The molecule has 7 nitrogen and oxygen atoms in total. The lowest BCUT2D eigenvalue weighted by molar-refractivity contribution is -0.113. The van der Waals surface area contributed by atoms with Gasteiger partial charge in [0, 0.05) is 12.2 Å². The smallest absolute Gasteiger partial charge is 0.234 e. The van der Waals surface area contributed by atoms with Gasteiger partial charge in [-0.3, -0.25) is 4.79 Å². The second-order valence-electron chi connectivity index (χ2n) is 6.72. The second kappa shape index (κ2) is 10.2. The Bertz CT molecular complexity index is 971. The number of thioether (sulfide) groups is 1. The van der Waals surface area contributed by atoms with Gasteiger partial charge in [-0.05, 0) is 57.2 Å². The molecule has 1 atom stereocenters. The zero-order valence-electron chi connectivity index (χ0n) is 17.6. The lowest BCUT2D eigenvalue weighted by Gasteiger charge is -2.15. The van der Waals surface area contributed by atoms with E-state index < -0.39 is 0 Å². The van der Waals surface area contributed by atoms with Crippen molar-refractivity contribution in [2.75, 3.05) is 18.2 Å². The predicted octanol–water partition coefficient (Wildman–Crippen LogP) is 4.49. The number of aromatic nitrogens is 3. The highest BCUT2D eigenvalue weighted by molar-refractivity contribution is 7.99. The molecule has 0 aliphatic rings. The molecular weight excluding hydrogens is 400 g/mol. The van der Waals surface area contributed by atoms with Crippen LogP contribution in [0.2, 0.25) is 0 Å². The van der Waals surface area contributed by atoms with Gasteiger partial charge < -0.3 is 19.4 Å². The normalized spacial score (nSPS) is 11.7. The summed E-state index contributed by atoms with van der Waals surface area (Å²) in [6.07, 6.45) is -0.290. The Hall–Kier alpha value is -3.00. The molecule has 0 saturated heterocycles. The van der Waals surface area contributed by atoms with Crippen LogP contribution in [0.3, 0.4) is 0 Å². The summed E-state index contributed by atoms with van der Waals surface area (Å²) in [5, 5.41) is 12.2. The molecule has 0 aliphatic carbocycles. The van der Waals surface area contributed by atoms with Crippen molar-refractivity contribution in [3.05, 3.63) is 59.9 Å². The molecule has 0 fully saturated rings. The van der Waals surface area contributed by atoms with Crippen LogP contribution in [0.4, 0.5) is 5.69 Å². The number of amides is 1. The fourth-order valence-electron chi connectivity index (χ4n) is 2.88. The third-order valence-corrected chi connectivity index (χ3v) is 5.43. The van der Waals surface area contributed by atoms with Gasteiger partial charge in [0.15, 0.2) is 17.1 Å². The summed E-state index contributed by atoms with van der Waals surface area (Å²) >= 11 is 1.36. The van der Waals surface area contributed by atoms with E-state index in [-0.39, 0.29) is 17.8 Å². The first kappa shape index (κ1) is 21.7. The summed E-state index contributed by atoms with van der Waals surface area (Å²) in [5.74, 6) is 2.38. The van der Waals surface area contributed by atoms with Gasteiger partial charge in [-0.1, -0.05) is 29.5 Å². The van der Waals surface area contributed by atoms with E-state index in [1.54, 1.807) is 7.11 Å². The van der Waals surface area contributed by atoms with Crippen LogP contribution in [0.5, 0.6) is 11.5 Å². The van der Waals surface area contributed by atoms with Crippen molar-refractivity contribution in [1.29, 1.82) is 0 Å². The van der Waals surface area contributed by atoms with Crippen LogP contribution in [0.15, 0.2) is 53.7 Å². The van der Waals surface area contributed by atoms with Gasteiger partial charge in [-0.25, -0.2) is 0 Å². The number of hydrogen-bond donors (Lipinski definition) is 1. The fraction of sp³-hybridized carbons (Fsp3) is 0.318. The highest BCUT2D eigenvalue weighted by atomic mass is 32.2. The van der Waals surface area contributed by atoms with Crippen molar-refractivity contribution in [2.24, 2.45) is 0 Å². The van der Waals surface area contributed by atoms with Crippen LogP contribution < -0.4 is 14.8 Å². The van der Waals surface area contributed by atoms with E-state index in [2.05, 4.69) is 15.5 Å². The van der Waals surface area contributed by atoms with Crippen molar-refractivity contribution >= 4 is 23.4 Å². The fourth-order valence-corrected chi connectivity index (χ4v) is 3.69. The van der Waals surface area contributed by atoms with Crippen molar-refractivity contribution in [3.8, 4) is 11.5 Å². The van der Waals surface area contributed by atoms with Crippen LogP contribution in [0.25, 0.3) is 0 Å². The number of aryl methyl sites for hydroxylation is 1. The van der Waals surface area contributed by atoms with Crippen molar-refractivity contribution in [1.82, 2.24) is 14.8 Å². The number of carbonyl (C=O) groups excluding carboxylic acids is 1. The van der Waals surface area contributed by atoms with E-state index in [0.29, 0.717) is 11.7 Å². The maximum absolute atomic E-state index is 12.3. The van der Waals surface area contributed by atoms with E-state index in [9.17, 15) is 4.79 Å². The number of carbonyl (C=O) groups is 1. The molecule has 1 unspecified atom stereocenters. The van der Waals surface area contributed by atoms with E-state index in [4.69, 9.17) is 9.47 Å². The highest BCUT2D eigenvalue weighted by Gasteiger charge is 2.19. The summed E-state index contributed by atoms with van der Waals surface area (Å²) < 4.78 is 13.1. The minimum absolute atomic E-state index is 0.0846. The summed E-state index contributed by atoms with van der Waals surface area (Å²) in [4.78, 5) is 12.3. The van der Waals surface area contributed by atoms with Crippen LogP contribution >= 0.6 is 11.8 Å². The number of anilines is 1. The molecule has 3 rings (SSSR count). The molecule has 8 heteroatoms. The number of rotatable bonds is 9. The Morgan fingerprint density at radius 3 is 2.40 bits per heavy atom. The number of nitrogens with zero attached hydrogens (tertiary/aromatic N) is 3. The van der Waals surface area contributed by atoms with Gasteiger partial charge >= 0.3 is 0 Å². The standard InChI is InChI=1S/C22H26N4O3S/c1-5-26-21(16(3)29-19-12-10-18(28-4)11-13-19)24-25-22(26)30-14-20(27)23-17-8-6-15(2)7-9-17/h6-13,16H,5,14H2,1-4H3,(H,23,27). The molecule has 0 bridgehead atoms. The number of ether oxygens (including phenoxy) is 2. The second-order valence-corrected chi connectivity index (χ2v) is 7.67. The number of nitrogens with one attached hydrogen (secondary N) is 1. The maximum atomic E-state index is 12.3. The Kier molecular flexibility index (Phi) is 7.35. The summed E-state index contributed by atoms with van der Waals surface area (Å²) in [7, 11) is 1.63. The SMILES string of the molecule is CCn1c(SCC(=O)Nc2ccc(C)cc2)nnc1C(C)Oc1ccc(OC)cc1. The first-order valence-electron chi connectivity index (χ1n) is 9.73. The quantitative estimate of drug-likeness (QED) is 0.508. The molecule has 0 saturated carbocycles. The molecule has 2 aromatic carbocycles. The van der Waals surface area contributed by atoms with Crippen LogP contribution in [0.1, 0.15) is 31.3 Å². The maximum Gasteiger partial charge on any atom is 0.234 e. The highest BCUT2D eigenvalue weighted by Crippen LogP contribution is 2.26. The average Bonchev–Trinajstić information content (AvgIpc) is 3.17. The summed E-state index contributed by atoms with van der Waals surface area (Å²) in [6, 6.07) is 15.1. The molecular formula is C22H26N4O3S. The molecule has 1 amide bonds.